The maximum absolute atomic E-state index is 12.4. The van der Waals surface area contributed by atoms with Crippen LogP contribution in [-0.2, 0) is 0 Å². The highest BCUT2D eigenvalue weighted by atomic mass is 16.5. The van der Waals surface area contributed by atoms with Gasteiger partial charge in [-0.05, 0) is 76.5 Å². The van der Waals surface area contributed by atoms with Gasteiger partial charge in [-0.1, -0.05) is 66.7 Å². The highest BCUT2D eigenvalue weighted by Gasteiger charge is 2.10. The molecular weight excluding hydrogens is 424 g/mol. The number of hydrogen-bond acceptors (Lipinski definition) is 4. The van der Waals surface area contributed by atoms with Crippen LogP contribution in [0.25, 0.3) is 21.9 Å². The number of carbonyl (C=O) groups excluding carboxylic acids is 2. The Morgan fingerprint density at radius 1 is 0.441 bits per heavy atom. The third-order valence-corrected chi connectivity index (χ3v) is 5.42. The van der Waals surface area contributed by atoms with E-state index in [2.05, 4.69) is 6.07 Å². The average Bonchev–Trinajstić information content (AvgIpc) is 2.89. The molecule has 0 fully saturated rings. The van der Waals surface area contributed by atoms with Gasteiger partial charge in [-0.25, -0.2) is 9.59 Å². The molecule has 0 aliphatic rings. The summed E-state index contributed by atoms with van der Waals surface area (Å²) in [7, 11) is 0. The third kappa shape index (κ3) is 4.71. The Balaban J connectivity index is 1.35. The molecule has 0 saturated heterocycles. The number of benzene rings is 5. The first-order chi connectivity index (χ1) is 16.7. The summed E-state index contributed by atoms with van der Waals surface area (Å²) in [5, 5.41) is 1.96. The molecule has 34 heavy (non-hydrogen) atoms. The molecule has 0 atom stereocenters. The molecule has 0 amide bonds. The van der Waals surface area contributed by atoms with Crippen LogP contribution in [0.1, 0.15) is 20.7 Å². The molecule has 0 unspecified atom stereocenters. The van der Waals surface area contributed by atoms with Gasteiger partial charge in [0.15, 0.2) is 0 Å². The summed E-state index contributed by atoms with van der Waals surface area (Å²) < 4.78 is 11.1. The van der Waals surface area contributed by atoms with E-state index in [9.17, 15) is 9.59 Å². The lowest BCUT2D eigenvalue weighted by atomic mass is 10.0. The van der Waals surface area contributed by atoms with E-state index in [1.54, 1.807) is 60.7 Å². The largest absolute Gasteiger partial charge is 0.423 e. The topological polar surface area (TPSA) is 52.6 Å². The fourth-order valence-corrected chi connectivity index (χ4v) is 3.69. The van der Waals surface area contributed by atoms with Crippen molar-refractivity contribution in [1.82, 2.24) is 0 Å². The van der Waals surface area contributed by atoms with Crippen molar-refractivity contribution in [3.63, 3.8) is 0 Å². The van der Waals surface area contributed by atoms with Crippen molar-refractivity contribution >= 4 is 22.7 Å². The van der Waals surface area contributed by atoms with E-state index in [1.807, 2.05) is 54.6 Å². The van der Waals surface area contributed by atoms with Crippen LogP contribution in [0.2, 0.25) is 0 Å². The SMILES string of the molecule is O=C(Oc1cccc(-c2ccc3cc(OC(=O)c4ccccc4)ccc3c2)c1)c1ccccc1. The van der Waals surface area contributed by atoms with Crippen molar-refractivity contribution in [2.75, 3.05) is 0 Å². The lowest BCUT2D eigenvalue weighted by molar-refractivity contribution is 0.0725. The number of ether oxygens (including phenoxy) is 2. The molecule has 0 aromatic heterocycles. The molecular formula is C30H20O4. The average molecular weight is 444 g/mol. The summed E-state index contributed by atoms with van der Waals surface area (Å²) in [6.07, 6.45) is 0. The summed E-state index contributed by atoms with van der Waals surface area (Å²) in [6, 6.07) is 36.8. The van der Waals surface area contributed by atoms with Crippen molar-refractivity contribution in [1.29, 1.82) is 0 Å². The Bertz CT molecular complexity index is 1470. The molecule has 0 aliphatic carbocycles. The Labute approximate surface area is 197 Å². The molecule has 0 spiro atoms. The molecule has 164 valence electrons. The molecule has 4 heteroatoms. The van der Waals surface area contributed by atoms with E-state index < -0.39 is 11.9 Å². The second-order valence-corrected chi connectivity index (χ2v) is 7.76. The zero-order chi connectivity index (χ0) is 23.3. The molecule has 5 rings (SSSR count). The lowest BCUT2D eigenvalue weighted by Gasteiger charge is -2.09. The molecule has 0 aliphatic heterocycles. The van der Waals surface area contributed by atoms with Gasteiger partial charge in [-0.3, -0.25) is 0 Å². The summed E-state index contributed by atoms with van der Waals surface area (Å²) >= 11 is 0. The molecule has 0 heterocycles. The van der Waals surface area contributed by atoms with Crippen LogP contribution >= 0.6 is 0 Å². The summed E-state index contributed by atoms with van der Waals surface area (Å²) in [6.45, 7) is 0. The van der Waals surface area contributed by atoms with Crippen LogP contribution in [0.3, 0.4) is 0 Å². The first-order valence-electron chi connectivity index (χ1n) is 10.8. The van der Waals surface area contributed by atoms with Gasteiger partial charge in [0.05, 0.1) is 11.1 Å². The normalized spacial score (nSPS) is 10.6. The number of rotatable bonds is 5. The lowest BCUT2D eigenvalue weighted by Crippen LogP contribution is -2.08. The smallest absolute Gasteiger partial charge is 0.343 e. The van der Waals surface area contributed by atoms with Crippen molar-refractivity contribution < 1.29 is 19.1 Å². The van der Waals surface area contributed by atoms with E-state index in [0.717, 1.165) is 21.9 Å². The molecule has 5 aromatic rings. The van der Waals surface area contributed by atoms with E-state index >= 15 is 0 Å². The zero-order valence-electron chi connectivity index (χ0n) is 18.2. The fourth-order valence-electron chi connectivity index (χ4n) is 3.69. The van der Waals surface area contributed by atoms with E-state index in [-0.39, 0.29) is 0 Å². The molecule has 5 aromatic carbocycles. The minimum absolute atomic E-state index is 0.390. The van der Waals surface area contributed by atoms with E-state index in [4.69, 9.17) is 9.47 Å². The van der Waals surface area contributed by atoms with Crippen molar-refractivity contribution in [3.8, 4) is 22.6 Å². The van der Waals surface area contributed by atoms with Crippen LogP contribution < -0.4 is 9.47 Å². The van der Waals surface area contributed by atoms with Crippen molar-refractivity contribution in [3.05, 3.63) is 132 Å². The first-order valence-corrected chi connectivity index (χ1v) is 10.8. The second-order valence-electron chi connectivity index (χ2n) is 7.76. The first kappa shape index (κ1) is 21.2. The van der Waals surface area contributed by atoms with Crippen LogP contribution in [0.15, 0.2) is 121 Å². The van der Waals surface area contributed by atoms with Crippen LogP contribution in [0.5, 0.6) is 11.5 Å². The maximum atomic E-state index is 12.4. The molecule has 0 N–H and O–H groups in total. The van der Waals surface area contributed by atoms with Crippen molar-refractivity contribution in [2.45, 2.75) is 0 Å². The summed E-state index contributed by atoms with van der Waals surface area (Å²) in [5.74, 6) is 0.186. The number of hydrogen-bond donors (Lipinski definition) is 0. The van der Waals surface area contributed by atoms with Gasteiger partial charge in [-0.15, -0.1) is 0 Å². The minimum atomic E-state index is -0.395. The van der Waals surface area contributed by atoms with Gasteiger partial charge in [0, 0.05) is 0 Å². The number of fused-ring (bicyclic) bond motifs is 1. The standard InChI is InChI=1S/C30H20O4/c31-29(21-8-3-1-4-9-21)33-27-13-7-12-23(19-27)24-14-15-26-20-28(17-16-25(26)18-24)34-30(32)22-10-5-2-6-11-22/h1-20H. The van der Waals surface area contributed by atoms with Gasteiger partial charge in [0.2, 0.25) is 0 Å². The predicted octanol–water partition coefficient (Wildman–Crippen LogP) is 6.95. The van der Waals surface area contributed by atoms with Crippen LogP contribution in [-0.4, -0.2) is 11.9 Å². The van der Waals surface area contributed by atoms with Crippen LogP contribution in [0.4, 0.5) is 0 Å². The Kier molecular flexibility index (Phi) is 5.87. The maximum Gasteiger partial charge on any atom is 0.343 e. The third-order valence-electron chi connectivity index (χ3n) is 5.42. The molecule has 4 nitrogen and oxygen atoms in total. The highest BCUT2D eigenvalue weighted by molar-refractivity contribution is 5.93. The Morgan fingerprint density at radius 2 is 0.971 bits per heavy atom. The highest BCUT2D eigenvalue weighted by Crippen LogP contribution is 2.29. The quantitative estimate of drug-likeness (QED) is 0.218. The molecule has 0 radical (unpaired) electrons. The number of esters is 2. The fraction of sp³-hybridized carbons (Fsp3) is 0. The summed E-state index contributed by atoms with van der Waals surface area (Å²) in [5.41, 5.74) is 2.92. The van der Waals surface area contributed by atoms with Gasteiger partial charge in [-0.2, -0.15) is 0 Å². The minimum Gasteiger partial charge on any atom is -0.423 e. The summed E-state index contributed by atoms with van der Waals surface area (Å²) in [4.78, 5) is 24.7. The van der Waals surface area contributed by atoms with E-state index in [0.29, 0.717) is 22.6 Å². The van der Waals surface area contributed by atoms with E-state index in [1.165, 1.54) is 0 Å². The van der Waals surface area contributed by atoms with Crippen LogP contribution in [0, 0.1) is 0 Å². The molecule has 0 saturated carbocycles. The zero-order valence-corrected chi connectivity index (χ0v) is 18.2. The number of carbonyl (C=O) groups is 2. The monoisotopic (exact) mass is 444 g/mol. The Hall–Kier alpha value is -4.70. The van der Waals surface area contributed by atoms with Gasteiger partial charge in [0.25, 0.3) is 0 Å². The van der Waals surface area contributed by atoms with Gasteiger partial charge < -0.3 is 9.47 Å². The van der Waals surface area contributed by atoms with Gasteiger partial charge in [0.1, 0.15) is 11.5 Å². The molecule has 0 bridgehead atoms. The van der Waals surface area contributed by atoms with Gasteiger partial charge >= 0.3 is 11.9 Å². The second kappa shape index (κ2) is 9.43. The van der Waals surface area contributed by atoms with Crippen molar-refractivity contribution in [2.24, 2.45) is 0 Å². The Morgan fingerprint density at radius 3 is 1.62 bits per heavy atom. The predicted molar refractivity (Wildman–Crippen MR) is 132 cm³/mol.